The Labute approximate surface area is 213 Å². The number of hydrogen-bond donors (Lipinski definition) is 1. The van der Waals surface area contributed by atoms with Crippen LogP contribution in [-0.4, -0.2) is 56.1 Å². The molecule has 2 aromatic carbocycles. The van der Waals surface area contributed by atoms with E-state index >= 15 is 0 Å². The summed E-state index contributed by atoms with van der Waals surface area (Å²) in [6.45, 7) is 2.76. The number of hydrogen-bond acceptors (Lipinski definition) is 7. The number of nitrogens with zero attached hydrogens (tertiary/aromatic N) is 2. The van der Waals surface area contributed by atoms with Crippen LogP contribution in [0.25, 0.3) is 0 Å². The Balaban J connectivity index is 1.40. The zero-order valence-corrected chi connectivity index (χ0v) is 21.4. The highest BCUT2D eigenvalue weighted by atomic mass is 32.1. The number of aromatic nitrogens is 1. The smallest absolute Gasteiger partial charge is 0.275 e. The van der Waals surface area contributed by atoms with Gasteiger partial charge in [-0.3, -0.25) is 9.59 Å². The number of rotatable bonds is 7. The Bertz CT molecular complexity index is 1270. The summed E-state index contributed by atoms with van der Waals surface area (Å²) in [6, 6.07) is 7.93. The lowest BCUT2D eigenvalue weighted by molar-refractivity contribution is 0.0708. The monoisotopic (exact) mass is 513 g/mol. The third kappa shape index (κ3) is 5.13. The quantitative estimate of drug-likeness (QED) is 0.484. The van der Waals surface area contributed by atoms with Gasteiger partial charge < -0.3 is 24.4 Å². The highest BCUT2D eigenvalue weighted by Gasteiger charge is 2.30. The zero-order chi connectivity index (χ0) is 25.8. The fourth-order valence-electron chi connectivity index (χ4n) is 4.21. The number of carbonyl (C=O) groups excluding carboxylic acids is 2. The molecule has 1 aliphatic heterocycles. The highest BCUT2D eigenvalue weighted by Crippen LogP contribution is 2.41. The summed E-state index contributed by atoms with van der Waals surface area (Å²) < 4.78 is 30.0. The standard InChI is InChI=1S/C26H28FN3O5S/c1-15-5-6-17(13-19(15)27)28-24(31)20-14-36-25(29-20)16-9-11-30(12-10-16)26(32)18-7-8-21(33-2)23(35-4)22(18)34-3/h5-8,13-14,16H,9-12H2,1-4H3,(H,28,31). The Morgan fingerprint density at radius 2 is 1.78 bits per heavy atom. The van der Waals surface area contributed by atoms with Gasteiger partial charge in [0.25, 0.3) is 11.8 Å². The predicted molar refractivity (Wildman–Crippen MR) is 135 cm³/mol. The second-order valence-corrected chi connectivity index (χ2v) is 9.33. The van der Waals surface area contributed by atoms with Gasteiger partial charge in [-0.15, -0.1) is 11.3 Å². The van der Waals surface area contributed by atoms with E-state index in [1.807, 2.05) is 0 Å². The summed E-state index contributed by atoms with van der Waals surface area (Å²) >= 11 is 1.42. The second kappa shape index (κ2) is 10.9. The fraction of sp³-hybridized carbons (Fsp3) is 0.346. The molecule has 0 spiro atoms. The first-order chi connectivity index (χ1) is 17.4. The molecule has 1 fully saturated rings. The minimum Gasteiger partial charge on any atom is -0.493 e. The van der Waals surface area contributed by atoms with Crippen LogP contribution in [0.4, 0.5) is 10.1 Å². The van der Waals surface area contributed by atoms with Crippen molar-refractivity contribution in [2.24, 2.45) is 0 Å². The van der Waals surface area contributed by atoms with Crippen molar-refractivity contribution >= 4 is 28.8 Å². The van der Waals surface area contributed by atoms with Crippen LogP contribution in [0.5, 0.6) is 17.2 Å². The van der Waals surface area contributed by atoms with E-state index in [0.29, 0.717) is 52.8 Å². The van der Waals surface area contributed by atoms with E-state index < -0.39 is 0 Å². The molecule has 0 aliphatic carbocycles. The summed E-state index contributed by atoms with van der Waals surface area (Å²) in [7, 11) is 4.52. The van der Waals surface area contributed by atoms with Gasteiger partial charge >= 0.3 is 0 Å². The summed E-state index contributed by atoms with van der Waals surface area (Å²) in [5, 5.41) is 5.25. The molecule has 1 N–H and O–H groups in total. The molecule has 1 saturated heterocycles. The maximum atomic E-state index is 13.8. The summed E-state index contributed by atoms with van der Waals surface area (Å²) in [5.41, 5.74) is 1.60. The maximum Gasteiger partial charge on any atom is 0.275 e. The number of methoxy groups -OCH3 is 3. The van der Waals surface area contributed by atoms with Gasteiger partial charge in [0.05, 0.1) is 31.9 Å². The number of benzene rings is 2. The molecule has 0 radical (unpaired) electrons. The SMILES string of the molecule is COc1ccc(C(=O)N2CCC(c3nc(C(=O)Nc4ccc(C)c(F)c4)cs3)CC2)c(OC)c1OC. The van der Waals surface area contributed by atoms with Crippen LogP contribution in [-0.2, 0) is 0 Å². The summed E-state index contributed by atoms with van der Waals surface area (Å²) in [5.74, 6) is 0.449. The third-order valence-electron chi connectivity index (χ3n) is 6.25. The van der Waals surface area contributed by atoms with Crippen molar-refractivity contribution in [2.75, 3.05) is 39.7 Å². The number of nitrogens with one attached hydrogen (secondary N) is 1. The Kier molecular flexibility index (Phi) is 7.73. The van der Waals surface area contributed by atoms with Gasteiger partial charge in [0.2, 0.25) is 5.75 Å². The van der Waals surface area contributed by atoms with E-state index in [1.165, 1.54) is 38.7 Å². The van der Waals surface area contributed by atoms with Crippen molar-refractivity contribution in [3.05, 3.63) is 63.4 Å². The molecule has 36 heavy (non-hydrogen) atoms. The van der Waals surface area contributed by atoms with Crippen molar-refractivity contribution in [3.63, 3.8) is 0 Å². The van der Waals surface area contributed by atoms with Crippen molar-refractivity contribution < 1.29 is 28.2 Å². The molecule has 4 rings (SSSR count). The van der Waals surface area contributed by atoms with Gasteiger partial charge in [-0.1, -0.05) is 6.07 Å². The van der Waals surface area contributed by atoms with Crippen LogP contribution >= 0.6 is 11.3 Å². The van der Waals surface area contributed by atoms with E-state index in [4.69, 9.17) is 14.2 Å². The lowest BCUT2D eigenvalue weighted by Gasteiger charge is -2.31. The minimum absolute atomic E-state index is 0.143. The normalized spacial score (nSPS) is 13.9. The number of aryl methyl sites for hydroxylation is 1. The zero-order valence-electron chi connectivity index (χ0n) is 20.6. The predicted octanol–water partition coefficient (Wildman–Crippen LogP) is 4.89. The van der Waals surface area contributed by atoms with Crippen molar-refractivity contribution in [2.45, 2.75) is 25.7 Å². The molecule has 1 aliphatic rings. The van der Waals surface area contributed by atoms with E-state index in [9.17, 15) is 14.0 Å². The van der Waals surface area contributed by atoms with Crippen LogP contribution in [0.3, 0.4) is 0 Å². The van der Waals surface area contributed by atoms with E-state index in [0.717, 1.165) is 17.8 Å². The van der Waals surface area contributed by atoms with Crippen molar-refractivity contribution in [3.8, 4) is 17.2 Å². The molecular weight excluding hydrogens is 485 g/mol. The third-order valence-corrected chi connectivity index (χ3v) is 7.26. The highest BCUT2D eigenvalue weighted by molar-refractivity contribution is 7.10. The number of likely N-dealkylation sites (tertiary alicyclic amines) is 1. The second-order valence-electron chi connectivity index (χ2n) is 8.44. The molecule has 3 aromatic rings. The summed E-state index contributed by atoms with van der Waals surface area (Å²) in [6.07, 6.45) is 1.44. The van der Waals surface area contributed by atoms with Gasteiger partial charge in [0, 0.05) is 30.1 Å². The summed E-state index contributed by atoms with van der Waals surface area (Å²) in [4.78, 5) is 32.2. The number of thiazole rings is 1. The lowest BCUT2D eigenvalue weighted by Crippen LogP contribution is -2.38. The van der Waals surface area contributed by atoms with Crippen LogP contribution in [0, 0.1) is 12.7 Å². The molecule has 2 heterocycles. The van der Waals surface area contributed by atoms with E-state index in [2.05, 4.69) is 10.3 Å². The van der Waals surface area contributed by atoms with Gasteiger partial charge in [-0.05, 0) is 49.6 Å². The molecule has 0 unspecified atom stereocenters. The number of amides is 2. The maximum absolute atomic E-state index is 13.8. The first kappa shape index (κ1) is 25.4. The average molecular weight is 514 g/mol. The molecule has 0 bridgehead atoms. The number of ether oxygens (including phenoxy) is 3. The average Bonchev–Trinajstić information content (AvgIpc) is 3.40. The van der Waals surface area contributed by atoms with E-state index in [1.54, 1.807) is 41.5 Å². The largest absolute Gasteiger partial charge is 0.493 e. The fourth-order valence-corrected chi connectivity index (χ4v) is 5.19. The first-order valence-corrected chi connectivity index (χ1v) is 12.3. The van der Waals surface area contributed by atoms with Gasteiger partial charge in [-0.2, -0.15) is 0 Å². The molecular formula is C26H28FN3O5S. The van der Waals surface area contributed by atoms with Gasteiger partial charge in [0.15, 0.2) is 11.5 Å². The topological polar surface area (TPSA) is 90.0 Å². The molecule has 0 saturated carbocycles. The van der Waals surface area contributed by atoms with Crippen molar-refractivity contribution in [1.29, 1.82) is 0 Å². The van der Waals surface area contributed by atoms with Crippen LogP contribution < -0.4 is 19.5 Å². The number of anilines is 1. The van der Waals surface area contributed by atoms with Crippen LogP contribution in [0.1, 0.15) is 50.2 Å². The van der Waals surface area contributed by atoms with Crippen LogP contribution in [0.2, 0.25) is 0 Å². The number of halogens is 1. The Hall–Kier alpha value is -3.66. The van der Waals surface area contributed by atoms with Crippen LogP contribution in [0.15, 0.2) is 35.7 Å². The molecule has 1 aromatic heterocycles. The van der Waals surface area contributed by atoms with Gasteiger partial charge in [0.1, 0.15) is 11.5 Å². The molecule has 8 nitrogen and oxygen atoms in total. The first-order valence-electron chi connectivity index (χ1n) is 11.5. The molecule has 2 amide bonds. The lowest BCUT2D eigenvalue weighted by atomic mass is 9.97. The molecule has 0 atom stereocenters. The number of piperidine rings is 1. The van der Waals surface area contributed by atoms with Gasteiger partial charge in [-0.25, -0.2) is 9.37 Å². The minimum atomic E-state index is -0.381. The Morgan fingerprint density at radius 3 is 2.42 bits per heavy atom. The Morgan fingerprint density at radius 1 is 1.06 bits per heavy atom. The van der Waals surface area contributed by atoms with E-state index in [-0.39, 0.29) is 23.5 Å². The number of carbonyl (C=O) groups is 2. The molecule has 190 valence electrons. The molecule has 10 heteroatoms. The van der Waals surface area contributed by atoms with Crippen molar-refractivity contribution in [1.82, 2.24) is 9.88 Å².